The fourth-order valence-electron chi connectivity index (χ4n) is 2.14. The van der Waals surface area contributed by atoms with Crippen LogP contribution in [0.1, 0.15) is 28.8 Å². The van der Waals surface area contributed by atoms with E-state index >= 15 is 0 Å². The van der Waals surface area contributed by atoms with Crippen LogP contribution in [0.15, 0.2) is 22.7 Å². The smallest absolute Gasteiger partial charge is 0.329 e. The lowest BCUT2D eigenvalue weighted by atomic mass is 9.92. The van der Waals surface area contributed by atoms with Crippen LogP contribution < -0.4 is 5.32 Å². The first-order chi connectivity index (χ1) is 9.44. The van der Waals surface area contributed by atoms with Crippen LogP contribution in [-0.4, -0.2) is 34.0 Å². The quantitative estimate of drug-likeness (QED) is 0.872. The first-order valence-electron chi connectivity index (χ1n) is 6.34. The summed E-state index contributed by atoms with van der Waals surface area (Å²) in [4.78, 5) is 23.8. The Hall–Kier alpha value is -1.01. The third-order valence-electron chi connectivity index (χ3n) is 3.54. The zero-order valence-electron chi connectivity index (χ0n) is 11.1. The molecule has 0 unspecified atom stereocenters. The normalized spacial score (nSPS) is 17.5. The van der Waals surface area contributed by atoms with E-state index < -0.39 is 11.5 Å². The molecule has 1 aliphatic rings. The lowest BCUT2D eigenvalue weighted by Gasteiger charge is -2.33. The van der Waals surface area contributed by atoms with E-state index in [4.69, 9.17) is 0 Å². The number of benzene rings is 1. The summed E-state index contributed by atoms with van der Waals surface area (Å²) in [6.45, 7) is 1.93. The van der Waals surface area contributed by atoms with E-state index in [1.165, 1.54) is 0 Å². The SMILES string of the molecule is Cc1ccc(C(=O)NC2(C(=O)O)CCSCC2)cc1Br. The maximum Gasteiger partial charge on any atom is 0.329 e. The van der Waals surface area contributed by atoms with Crippen LogP contribution in [0.3, 0.4) is 0 Å². The van der Waals surface area contributed by atoms with Gasteiger partial charge in [0, 0.05) is 10.0 Å². The number of hydrogen-bond donors (Lipinski definition) is 2. The maximum absolute atomic E-state index is 12.3. The van der Waals surface area contributed by atoms with Crippen molar-refractivity contribution in [2.45, 2.75) is 25.3 Å². The lowest BCUT2D eigenvalue weighted by Crippen LogP contribution is -2.56. The van der Waals surface area contributed by atoms with Crippen LogP contribution in [0.5, 0.6) is 0 Å². The molecule has 0 spiro atoms. The van der Waals surface area contributed by atoms with Gasteiger partial charge in [0.15, 0.2) is 0 Å². The summed E-state index contributed by atoms with van der Waals surface area (Å²) in [5.74, 6) is 0.228. The van der Waals surface area contributed by atoms with Crippen LogP contribution in [0.2, 0.25) is 0 Å². The molecule has 4 nitrogen and oxygen atoms in total. The molecule has 1 fully saturated rings. The van der Waals surface area contributed by atoms with Crippen molar-refractivity contribution in [3.63, 3.8) is 0 Å². The van der Waals surface area contributed by atoms with Crippen LogP contribution >= 0.6 is 27.7 Å². The van der Waals surface area contributed by atoms with Crippen LogP contribution in [0.4, 0.5) is 0 Å². The summed E-state index contributed by atoms with van der Waals surface area (Å²) in [6.07, 6.45) is 0.928. The van der Waals surface area contributed by atoms with Crippen LogP contribution in [-0.2, 0) is 4.79 Å². The predicted octanol–water partition coefficient (Wildman–Crippen LogP) is 2.84. The second kappa shape index (κ2) is 6.18. The number of hydrogen-bond acceptors (Lipinski definition) is 3. The molecular formula is C14H16BrNO3S. The van der Waals surface area contributed by atoms with Gasteiger partial charge in [-0.25, -0.2) is 4.79 Å². The molecule has 1 saturated heterocycles. The van der Waals surface area contributed by atoms with E-state index in [0.717, 1.165) is 21.5 Å². The summed E-state index contributed by atoms with van der Waals surface area (Å²) < 4.78 is 0.841. The van der Waals surface area contributed by atoms with E-state index in [9.17, 15) is 14.7 Å². The number of halogens is 1. The Morgan fingerprint density at radius 1 is 1.35 bits per heavy atom. The van der Waals surface area contributed by atoms with Crippen LogP contribution in [0, 0.1) is 6.92 Å². The Kier molecular flexibility index (Phi) is 4.75. The van der Waals surface area contributed by atoms with Gasteiger partial charge in [-0.15, -0.1) is 0 Å². The first kappa shape index (κ1) is 15.4. The zero-order valence-corrected chi connectivity index (χ0v) is 13.5. The number of carbonyl (C=O) groups is 2. The molecule has 0 atom stereocenters. The first-order valence-corrected chi connectivity index (χ1v) is 8.29. The van der Waals surface area contributed by atoms with Gasteiger partial charge < -0.3 is 10.4 Å². The highest BCUT2D eigenvalue weighted by Crippen LogP contribution is 2.28. The topological polar surface area (TPSA) is 66.4 Å². The van der Waals surface area contributed by atoms with Crippen molar-refractivity contribution in [1.82, 2.24) is 5.32 Å². The molecule has 0 aliphatic carbocycles. The van der Waals surface area contributed by atoms with Gasteiger partial charge in [0.05, 0.1) is 0 Å². The Balaban J connectivity index is 2.20. The van der Waals surface area contributed by atoms with Crippen molar-refractivity contribution >= 4 is 39.6 Å². The number of carboxylic acids is 1. The molecule has 0 aromatic heterocycles. The molecule has 2 N–H and O–H groups in total. The average Bonchev–Trinajstić information content (AvgIpc) is 2.42. The fourth-order valence-corrected chi connectivity index (χ4v) is 3.70. The van der Waals surface area contributed by atoms with Gasteiger partial charge >= 0.3 is 5.97 Å². The van der Waals surface area contributed by atoms with E-state index in [-0.39, 0.29) is 5.91 Å². The van der Waals surface area contributed by atoms with Crippen molar-refractivity contribution in [1.29, 1.82) is 0 Å². The van der Waals surface area contributed by atoms with Gasteiger partial charge in [0.25, 0.3) is 5.91 Å². The van der Waals surface area contributed by atoms with Crippen molar-refractivity contribution in [3.8, 4) is 0 Å². The molecule has 20 heavy (non-hydrogen) atoms. The predicted molar refractivity (Wildman–Crippen MR) is 83.3 cm³/mol. The number of thioether (sulfide) groups is 1. The summed E-state index contributed by atoms with van der Waals surface area (Å²) in [7, 11) is 0. The number of nitrogens with one attached hydrogen (secondary N) is 1. The third kappa shape index (κ3) is 3.17. The molecule has 1 aromatic carbocycles. The van der Waals surface area contributed by atoms with E-state index in [1.54, 1.807) is 23.9 Å². The molecule has 1 heterocycles. The molecule has 0 bridgehead atoms. The molecule has 6 heteroatoms. The molecule has 1 aromatic rings. The van der Waals surface area contributed by atoms with Gasteiger partial charge in [0.1, 0.15) is 5.54 Å². The summed E-state index contributed by atoms with van der Waals surface area (Å²) >= 11 is 5.10. The zero-order chi connectivity index (χ0) is 14.8. The second-order valence-corrected chi connectivity index (χ2v) is 7.00. The minimum absolute atomic E-state index is 0.333. The Morgan fingerprint density at radius 2 is 2.00 bits per heavy atom. The number of aliphatic carboxylic acids is 1. The lowest BCUT2D eigenvalue weighted by molar-refractivity contribution is -0.144. The highest BCUT2D eigenvalue weighted by Gasteiger charge is 2.41. The summed E-state index contributed by atoms with van der Waals surface area (Å²) in [5, 5.41) is 12.2. The van der Waals surface area contributed by atoms with Gasteiger partial charge in [-0.05, 0) is 49.0 Å². The minimum atomic E-state index is -1.13. The maximum atomic E-state index is 12.3. The van der Waals surface area contributed by atoms with Gasteiger partial charge in [-0.1, -0.05) is 22.0 Å². The average molecular weight is 358 g/mol. The molecule has 1 amide bonds. The molecule has 108 valence electrons. The number of carboxylic acid groups (broad SMARTS) is 1. The van der Waals surface area contributed by atoms with Crippen molar-refractivity contribution < 1.29 is 14.7 Å². The van der Waals surface area contributed by atoms with Crippen molar-refractivity contribution in [2.75, 3.05) is 11.5 Å². The van der Waals surface area contributed by atoms with E-state index in [2.05, 4.69) is 21.2 Å². The molecule has 2 rings (SSSR count). The van der Waals surface area contributed by atoms with Gasteiger partial charge in [0.2, 0.25) is 0 Å². The third-order valence-corrected chi connectivity index (χ3v) is 5.38. The van der Waals surface area contributed by atoms with Gasteiger partial charge in [-0.2, -0.15) is 11.8 Å². The highest BCUT2D eigenvalue weighted by molar-refractivity contribution is 9.10. The number of aryl methyl sites for hydroxylation is 1. The second-order valence-electron chi connectivity index (χ2n) is 4.92. The van der Waals surface area contributed by atoms with Crippen LogP contribution in [0.25, 0.3) is 0 Å². The van der Waals surface area contributed by atoms with Crippen molar-refractivity contribution in [2.24, 2.45) is 0 Å². The highest BCUT2D eigenvalue weighted by atomic mass is 79.9. The molecule has 1 aliphatic heterocycles. The number of amides is 1. The largest absolute Gasteiger partial charge is 0.480 e. The Labute approximate surface area is 130 Å². The Morgan fingerprint density at radius 3 is 2.55 bits per heavy atom. The minimum Gasteiger partial charge on any atom is -0.480 e. The number of carbonyl (C=O) groups excluding carboxylic acids is 1. The molecule has 0 radical (unpaired) electrons. The van der Waals surface area contributed by atoms with Crippen molar-refractivity contribution in [3.05, 3.63) is 33.8 Å². The number of rotatable bonds is 3. The summed E-state index contributed by atoms with van der Waals surface area (Å²) in [6, 6.07) is 5.27. The fraction of sp³-hybridized carbons (Fsp3) is 0.429. The Bertz CT molecular complexity index is 541. The van der Waals surface area contributed by atoms with E-state index in [1.807, 2.05) is 13.0 Å². The van der Waals surface area contributed by atoms with Gasteiger partial charge in [-0.3, -0.25) is 4.79 Å². The molecule has 0 saturated carbocycles. The monoisotopic (exact) mass is 357 g/mol. The van der Waals surface area contributed by atoms with E-state index in [0.29, 0.717) is 18.4 Å². The standard InChI is InChI=1S/C14H16BrNO3S/c1-9-2-3-10(8-11(9)15)12(17)16-14(13(18)19)4-6-20-7-5-14/h2-3,8H,4-7H2,1H3,(H,16,17)(H,18,19). The molecular weight excluding hydrogens is 342 g/mol. The summed E-state index contributed by atoms with van der Waals surface area (Å²) in [5.41, 5.74) is 0.379.